The Kier molecular flexibility index (Phi) is 6.15. The second-order valence-electron chi connectivity index (χ2n) is 7.65. The number of morpholine rings is 1. The molecule has 8 heteroatoms. The Labute approximate surface area is 174 Å². The molecule has 160 valence electrons. The number of aryl methyl sites for hydroxylation is 2. The van der Waals surface area contributed by atoms with Crippen LogP contribution in [0.1, 0.15) is 30.0 Å². The average Bonchev–Trinajstić information content (AvgIpc) is 3.18. The molecule has 2 aliphatic rings. The van der Waals surface area contributed by atoms with E-state index in [1.165, 1.54) is 17.2 Å². The lowest BCUT2D eigenvalue weighted by molar-refractivity contribution is -0.145. The summed E-state index contributed by atoms with van der Waals surface area (Å²) in [6, 6.07) is 5.05. The molecule has 30 heavy (non-hydrogen) atoms. The molecule has 1 unspecified atom stereocenters. The van der Waals surface area contributed by atoms with Crippen molar-refractivity contribution >= 4 is 22.8 Å². The fraction of sp³-hybridized carbons (Fsp3) is 0.500. The zero-order valence-corrected chi connectivity index (χ0v) is 17.1. The summed E-state index contributed by atoms with van der Waals surface area (Å²) in [6.45, 7) is 3.49. The zero-order chi connectivity index (χ0) is 21.1. The minimum Gasteiger partial charge on any atom is -0.465 e. The van der Waals surface area contributed by atoms with E-state index >= 15 is 0 Å². The molecule has 1 aliphatic carbocycles. The number of esters is 1. The fourth-order valence-electron chi connectivity index (χ4n) is 4.20. The number of hydrogen-bond donors (Lipinski definition) is 1. The van der Waals surface area contributed by atoms with Gasteiger partial charge in [0.25, 0.3) is 0 Å². The van der Waals surface area contributed by atoms with Crippen molar-refractivity contribution in [2.45, 2.75) is 38.8 Å². The van der Waals surface area contributed by atoms with E-state index < -0.39 is 17.6 Å². The van der Waals surface area contributed by atoms with Crippen LogP contribution < -0.4 is 10.9 Å². The van der Waals surface area contributed by atoms with Gasteiger partial charge in [-0.25, -0.2) is 4.79 Å². The Balaban J connectivity index is 1.56. The number of fused-ring (bicyclic) bond motifs is 2. The number of ether oxygens (including phenoxy) is 2. The largest absolute Gasteiger partial charge is 0.465 e. The normalized spacial score (nSPS) is 18.9. The molecule has 0 bridgehead atoms. The lowest BCUT2D eigenvalue weighted by Gasteiger charge is -2.34. The third-order valence-corrected chi connectivity index (χ3v) is 5.67. The van der Waals surface area contributed by atoms with Crippen molar-refractivity contribution in [3.8, 4) is 0 Å². The minimum atomic E-state index is -0.551. The van der Waals surface area contributed by atoms with Crippen LogP contribution in [0.4, 0.5) is 0 Å². The van der Waals surface area contributed by atoms with Crippen LogP contribution in [0, 0.1) is 0 Å². The van der Waals surface area contributed by atoms with Crippen molar-refractivity contribution in [2.75, 3.05) is 32.9 Å². The van der Waals surface area contributed by atoms with Gasteiger partial charge in [0, 0.05) is 24.5 Å². The maximum absolute atomic E-state index is 12.7. The number of hydrogen-bond acceptors (Lipinski definition) is 7. The molecule has 2 heterocycles. The molecule has 0 radical (unpaired) electrons. The van der Waals surface area contributed by atoms with E-state index in [-0.39, 0.29) is 25.7 Å². The van der Waals surface area contributed by atoms with Crippen LogP contribution in [-0.2, 0) is 38.4 Å². The summed E-state index contributed by atoms with van der Waals surface area (Å²) in [5.41, 5.74) is 3.57. The summed E-state index contributed by atoms with van der Waals surface area (Å²) in [5, 5.41) is 3.53. The molecular formula is C22H26N2O6. The Hall–Kier alpha value is -2.71. The molecule has 1 amide bonds. The molecule has 1 fully saturated rings. The first kappa shape index (κ1) is 20.6. The summed E-state index contributed by atoms with van der Waals surface area (Å²) in [5.74, 6) is -0.773. The molecular weight excluding hydrogens is 388 g/mol. The highest BCUT2D eigenvalue weighted by Crippen LogP contribution is 2.29. The topological polar surface area (TPSA) is 98.1 Å². The fourth-order valence-corrected chi connectivity index (χ4v) is 4.20. The van der Waals surface area contributed by atoms with E-state index in [9.17, 15) is 14.4 Å². The summed E-state index contributed by atoms with van der Waals surface area (Å²) < 4.78 is 15.8. The summed E-state index contributed by atoms with van der Waals surface area (Å²) in [6.07, 6.45) is 3.14. The Bertz CT molecular complexity index is 1010. The van der Waals surface area contributed by atoms with Gasteiger partial charge in [-0.3, -0.25) is 14.5 Å². The Morgan fingerprint density at radius 1 is 1.23 bits per heavy atom. The van der Waals surface area contributed by atoms with Crippen LogP contribution in [0.5, 0.6) is 0 Å². The highest BCUT2D eigenvalue weighted by molar-refractivity contribution is 5.86. The van der Waals surface area contributed by atoms with Crippen LogP contribution in [0.15, 0.2) is 27.4 Å². The van der Waals surface area contributed by atoms with Crippen molar-refractivity contribution in [3.63, 3.8) is 0 Å². The van der Waals surface area contributed by atoms with Gasteiger partial charge in [-0.15, -0.1) is 0 Å². The van der Waals surface area contributed by atoms with Crippen LogP contribution in [0.25, 0.3) is 11.0 Å². The van der Waals surface area contributed by atoms with Crippen LogP contribution in [0.3, 0.4) is 0 Å². The lowest BCUT2D eigenvalue weighted by atomic mass is 10.0. The van der Waals surface area contributed by atoms with E-state index in [0.717, 1.165) is 30.2 Å². The zero-order valence-electron chi connectivity index (χ0n) is 17.1. The molecule has 1 aliphatic heterocycles. The average molecular weight is 414 g/mol. The first-order valence-corrected chi connectivity index (χ1v) is 10.4. The molecule has 1 N–H and O–H groups in total. The number of nitrogens with one attached hydrogen (secondary N) is 1. The summed E-state index contributed by atoms with van der Waals surface area (Å²) in [7, 11) is 0. The number of nitrogens with zero attached hydrogens (tertiary/aromatic N) is 1. The molecule has 8 nitrogen and oxygen atoms in total. The van der Waals surface area contributed by atoms with Gasteiger partial charge in [0.2, 0.25) is 5.91 Å². The molecule has 0 spiro atoms. The molecule has 1 atom stereocenters. The SMILES string of the molecule is CCOC(=O)CNC(=O)C1COCCN1Cc1cc(=O)oc2cc3c(cc12)CCC3. The van der Waals surface area contributed by atoms with Gasteiger partial charge in [-0.1, -0.05) is 0 Å². The maximum atomic E-state index is 12.7. The second-order valence-corrected chi connectivity index (χ2v) is 7.65. The predicted octanol–water partition coefficient (Wildman–Crippen LogP) is 1.16. The quantitative estimate of drug-likeness (QED) is 0.560. The third kappa shape index (κ3) is 4.39. The number of carbonyl (C=O) groups excluding carboxylic acids is 2. The van der Waals surface area contributed by atoms with E-state index in [2.05, 4.69) is 11.4 Å². The summed E-state index contributed by atoms with van der Waals surface area (Å²) >= 11 is 0. The van der Waals surface area contributed by atoms with Crippen LogP contribution in [-0.4, -0.2) is 55.7 Å². The van der Waals surface area contributed by atoms with Gasteiger partial charge < -0.3 is 19.2 Å². The smallest absolute Gasteiger partial charge is 0.336 e. The highest BCUT2D eigenvalue weighted by atomic mass is 16.5. The van der Waals surface area contributed by atoms with Gasteiger partial charge in [0.1, 0.15) is 18.2 Å². The number of carbonyl (C=O) groups is 2. The van der Waals surface area contributed by atoms with Crippen molar-refractivity contribution in [1.29, 1.82) is 0 Å². The number of amides is 1. The Morgan fingerprint density at radius 3 is 2.83 bits per heavy atom. The minimum absolute atomic E-state index is 0.180. The van der Waals surface area contributed by atoms with E-state index in [1.54, 1.807) is 6.92 Å². The number of benzene rings is 1. The van der Waals surface area contributed by atoms with Crippen molar-refractivity contribution in [3.05, 3.63) is 45.3 Å². The van der Waals surface area contributed by atoms with E-state index in [4.69, 9.17) is 13.9 Å². The van der Waals surface area contributed by atoms with Crippen LogP contribution >= 0.6 is 0 Å². The van der Waals surface area contributed by atoms with Crippen molar-refractivity contribution in [1.82, 2.24) is 10.2 Å². The monoisotopic (exact) mass is 414 g/mol. The van der Waals surface area contributed by atoms with Crippen LogP contribution in [0.2, 0.25) is 0 Å². The molecule has 1 aromatic carbocycles. The van der Waals surface area contributed by atoms with Gasteiger partial charge in [0.15, 0.2) is 0 Å². The first-order valence-electron chi connectivity index (χ1n) is 10.4. The molecule has 4 rings (SSSR count). The Morgan fingerprint density at radius 2 is 2.03 bits per heavy atom. The van der Waals surface area contributed by atoms with E-state index in [0.29, 0.717) is 25.3 Å². The predicted molar refractivity (Wildman–Crippen MR) is 109 cm³/mol. The summed E-state index contributed by atoms with van der Waals surface area (Å²) in [4.78, 5) is 38.4. The second kappa shape index (κ2) is 8.97. The molecule has 1 aromatic heterocycles. The van der Waals surface area contributed by atoms with Crippen molar-refractivity contribution in [2.24, 2.45) is 0 Å². The number of rotatable bonds is 6. The molecule has 0 saturated carbocycles. The van der Waals surface area contributed by atoms with Gasteiger partial charge in [-0.05, 0) is 55.0 Å². The van der Waals surface area contributed by atoms with Gasteiger partial charge in [-0.2, -0.15) is 0 Å². The third-order valence-electron chi connectivity index (χ3n) is 5.67. The molecule has 2 aromatic rings. The lowest BCUT2D eigenvalue weighted by Crippen LogP contribution is -2.54. The van der Waals surface area contributed by atoms with Gasteiger partial charge >= 0.3 is 11.6 Å². The highest BCUT2D eigenvalue weighted by Gasteiger charge is 2.30. The standard InChI is InChI=1S/C22H26N2O6/c1-2-29-21(26)11-23-22(27)18-13-28-7-6-24(18)12-16-10-20(25)30-19-9-15-5-3-4-14(15)8-17(16)19/h8-10,18H,2-7,11-13H2,1H3,(H,23,27). The van der Waals surface area contributed by atoms with Crippen molar-refractivity contribution < 1.29 is 23.5 Å². The first-order chi connectivity index (χ1) is 14.5. The van der Waals surface area contributed by atoms with E-state index in [1.807, 2.05) is 11.0 Å². The van der Waals surface area contributed by atoms with Gasteiger partial charge in [0.05, 0.1) is 19.8 Å². The molecule has 1 saturated heterocycles. The maximum Gasteiger partial charge on any atom is 0.336 e.